The van der Waals surface area contributed by atoms with Crippen LogP contribution in [0, 0.1) is 0 Å². The molecule has 1 N–H and O–H groups in total. The highest BCUT2D eigenvalue weighted by molar-refractivity contribution is 5.76. The summed E-state index contributed by atoms with van der Waals surface area (Å²) in [6.07, 6.45) is 4.05. The van der Waals surface area contributed by atoms with Crippen LogP contribution in [0.1, 0.15) is 59.3 Å². The smallest absolute Gasteiger partial charge is 0.306 e. The van der Waals surface area contributed by atoms with E-state index in [0.29, 0.717) is 6.61 Å². The lowest BCUT2D eigenvalue weighted by molar-refractivity contribution is -0.147. The Morgan fingerprint density at radius 3 is 2.00 bits per heavy atom. The molecule has 0 atom stereocenters. The largest absolute Gasteiger partial charge is 0.481 e. The number of rotatable bonds is 10. The molecule has 0 aromatic carbocycles. The number of aliphatic carboxylic acids is 1. The van der Waals surface area contributed by atoms with E-state index in [2.05, 4.69) is 6.92 Å². The second-order valence-corrected chi connectivity index (χ2v) is 3.96. The molecule has 0 fully saturated rings. The molecule has 0 unspecified atom stereocenters. The number of esters is 1. The number of unbranched alkanes of at least 4 members (excludes halogenated alkanes) is 3. The van der Waals surface area contributed by atoms with Gasteiger partial charge in [0, 0.05) is 13.2 Å². The first-order valence-corrected chi connectivity index (χ1v) is 7.03. The van der Waals surface area contributed by atoms with Gasteiger partial charge in [-0.15, -0.1) is 0 Å². The van der Waals surface area contributed by atoms with Crippen LogP contribution in [0.15, 0.2) is 0 Å². The second kappa shape index (κ2) is 16.9. The van der Waals surface area contributed by atoms with Crippen molar-refractivity contribution in [2.75, 3.05) is 19.8 Å². The van der Waals surface area contributed by atoms with Crippen LogP contribution < -0.4 is 0 Å². The highest BCUT2D eigenvalue weighted by Crippen LogP contribution is 2.00. The van der Waals surface area contributed by atoms with Gasteiger partial charge in [0.1, 0.15) is 0 Å². The van der Waals surface area contributed by atoms with Gasteiger partial charge in [0.15, 0.2) is 0 Å². The first-order valence-electron chi connectivity index (χ1n) is 7.03. The minimum Gasteiger partial charge on any atom is -0.481 e. The summed E-state index contributed by atoms with van der Waals surface area (Å²) < 4.78 is 9.67. The average molecular weight is 276 g/mol. The Hall–Kier alpha value is -1.10. The van der Waals surface area contributed by atoms with E-state index in [1.54, 1.807) is 0 Å². The van der Waals surface area contributed by atoms with E-state index in [-0.39, 0.29) is 12.8 Å². The molecular formula is C14H28O5. The minimum atomic E-state index is -0.965. The van der Waals surface area contributed by atoms with Gasteiger partial charge in [0.05, 0.1) is 19.4 Å². The topological polar surface area (TPSA) is 72.8 Å². The summed E-state index contributed by atoms with van der Waals surface area (Å²) in [5.41, 5.74) is 0. The van der Waals surface area contributed by atoms with Crippen LogP contribution in [0.4, 0.5) is 0 Å². The van der Waals surface area contributed by atoms with Crippen molar-refractivity contribution in [3.8, 4) is 0 Å². The Bertz CT molecular complexity index is 214. The third-order valence-electron chi connectivity index (χ3n) is 2.21. The number of carbonyl (C=O) groups excluding carboxylic acids is 1. The number of hydrogen-bond donors (Lipinski definition) is 1. The molecule has 0 rings (SSSR count). The van der Waals surface area contributed by atoms with Crippen molar-refractivity contribution in [2.45, 2.75) is 59.3 Å². The second-order valence-electron chi connectivity index (χ2n) is 3.96. The third-order valence-corrected chi connectivity index (χ3v) is 2.21. The Morgan fingerprint density at radius 2 is 1.58 bits per heavy atom. The third kappa shape index (κ3) is 22.5. The summed E-state index contributed by atoms with van der Waals surface area (Å²) in [7, 11) is 0. The van der Waals surface area contributed by atoms with Gasteiger partial charge in [-0.3, -0.25) is 9.59 Å². The Morgan fingerprint density at radius 1 is 0.947 bits per heavy atom. The standard InChI is InChI=1S/C10H18O4.C4H10O/c1-2-3-4-5-8-14-10(13)7-6-9(11)12;1-3-5-4-2/h2-8H2,1H3,(H,11,12);3-4H2,1-2H3. The molecule has 0 amide bonds. The molecule has 0 aromatic heterocycles. The Labute approximate surface area is 116 Å². The van der Waals surface area contributed by atoms with Crippen LogP contribution in [0.5, 0.6) is 0 Å². The monoisotopic (exact) mass is 276 g/mol. The van der Waals surface area contributed by atoms with Crippen LogP contribution >= 0.6 is 0 Å². The predicted molar refractivity (Wildman–Crippen MR) is 74.1 cm³/mol. The molecule has 0 saturated carbocycles. The molecule has 19 heavy (non-hydrogen) atoms. The lowest BCUT2D eigenvalue weighted by Crippen LogP contribution is -2.08. The van der Waals surface area contributed by atoms with Gasteiger partial charge in [-0.05, 0) is 20.3 Å². The highest BCUT2D eigenvalue weighted by Gasteiger charge is 2.05. The lowest BCUT2D eigenvalue weighted by Gasteiger charge is -2.02. The van der Waals surface area contributed by atoms with Crippen molar-refractivity contribution >= 4 is 11.9 Å². The Kier molecular flexibility index (Phi) is 18.0. The molecule has 0 spiro atoms. The van der Waals surface area contributed by atoms with E-state index in [9.17, 15) is 9.59 Å². The number of carbonyl (C=O) groups is 2. The van der Waals surface area contributed by atoms with E-state index in [1.807, 2.05) is 13.8 Å². The summed E-state index contributed by atoms with van der Waals surface area (Å²) >= 11 is 0. The fourth-order valence-corrected chi connectivity index (χ4v) is 1.20. The van der Waals surface area contributed by atoms with Crippen LogP contribution in [0.25, 0.3) is 0 Å². The maximum atomic E-state index is 10.9. The first kappa shape index (κ1) is 20.2. The van der Waals surface area contributed by atoms with E-state index < -0.39 is 11.9 Å². The van der Waals surface area contributed by atoms with Crippen LogP contribution in [-0.2, 0) is 19.1 Å². The average Bonchev–Trinajstić information content (AvgIpc) is 2.38. The van der Waals surface area contributed by atoms with Crippen molar-refractivity contribution in [1.82, 2.24) is 0 Å². The zero-order chi connectivity index (χ0) is 14.9. The molecule has 5 nitrogen and oxygen atoms in total. The van der Waals surface area contributed by atoms with Crippen molar-refractivity contribution in [3.05, 3.63) is 0 Å². The number of carboxylic acids is 1. The molecule has 0 saturated heterocycles. The van der Waals surface area contributed by atoms with Gasteiger partial charge < -0.3 is 14.6 Å². The lowest BCUT2D eigenvalue weighted by atomic mass is 10.2. The SMILES string of the molecule is CCCCCCOC(=O)CCC(=O)O.CCOCC. The first-order chi connectivity index (χ1) is 9.08. The van der Waals surface area contributed by atoms with Gasteiger partial charge >= 0.3 is 11.9 Å². The molecule has 114 valence electrons. The summed E-state index contributed by atoms with van der Waals surface area (Å²) in [4.78, 5) is 21.0. The molecule has 0 aromatic rings. The molecule has 0 aliphatic heterocycles. The number of carboxylic acid groups (broad SMARTS) is 1. The molecule has 0 heterocycles. The summed E-state index contributed by atoms with van der Waals surface area (Å²) in [6, 6.07) is 0. The van der Waals surface area contributed by atoms with Gasteiger partial charge in [-0.25, -0.2) is 0 Å². The van der Waals surface area contributed by atoms with Crippen molar-refractivity contribution in [2.24, 2.45) is 0 Å². The Balaban J connectivity index is 0. The van der Waals surface area contributed by atoms with Crippen LogP contribution in [-0.4, -0.2) is 36.9 Å². The summed E-state index contributed by atoms with van der Waals surface area (Å²) in [5, 5.41) is 8.30. The summed E-state index contributed by atoms with van der Waals surface area (Å²) in [5.74, 6) is -1.38. The van der Waals surface area contributed by atoms with Crippen molar-refractivity contribution in [3.63, 3.8) is 0 Å². The molecule has 0 aliphatic rings. The fourth-order valence-electron chi connectivity index (χ4n) is 1.20. The quantitative estimate of drug-likeness (QED) is 0.490. The van der Waals surface area contributed by atoms with Crippen molar-refractivity contribution < 1.29 is 24.2 Å². The maximum Gasteiger partial charge on any atom is 0.306 e. The number of hydrogen-bond acceptors (Lipinski definition) is 4. The van der Waals surface area contributed by atoms with Gasteiger partial charge in [0.2, 0.25) is 0 Å². The van der Waals surface area contributed by atoms with E-state index >= 15 is 0 Å². The summed E-state index contributed by atoms with van der Waals surface area (Å²) in [6.45, 7) is 8.19. The van der Waals surface area contributed by atoms with E-state index in [0.717, 1.165) is 38.9 Å². The van der Waals surface area contributed by atoms with Gasteiger partial charge in [-0.2, -0.15) is 0 Å². The van der Waals surface area contributed by atoms with E-state index in [4.69, 9.17) is 14.6 Å². The predicted octanol–water partition coefficient (Wildman–Crippen LogP) is 3.02. The zero-order valence-electron chi connectivity index (χ0n) is 12.4. The van der Waals surface area contributed by atoms with Crippen molar-refractivity contribution in [1.29, 1.82) is 0 Å². The molecular weight excluding hydrogens is 248 g/mol. The van der Waals surface area contributed by atoms with Crippen LogP contribution in [0.2, 0.25) is 0 Å². The zero-order valence-corrected chi connectivity index (χ0v) is 12.4. The molecule has 0 aliphatic carbocycles. The highest BCUT2D eigenvalue weighted by atomic mass is 16.5. The maximum absolute atomic E-state index is 10.9. The van der Waals surface area contributed by atoms with Gasteiger partial charge in [0.25, 0.3) is 0 Å². The fraction of sp³-hybridized carbons (Fsp3) is 0.857. The minimum absolute atomic E-state index is 0.0247. The van der Waals surface area contributed by atoms with E-state index in [1.165, 1.54) is 0 Å². The molecule has 0 bridgehead atoms. The molecule has 0 radical (unpaired) electrons. The van der Waals surface area contributed by atoms with Gasteiger partial charge in [-0.1, -0.05) is 26.2 Å². The normalized spacial score (nSPS) is 9.42. The number of ether oxygens (including phenoxy) is 2. The van der Waals surface area contributed by atoms with Crippen LogP contribution in [0.3, 0.4) is 0 Å². The molecule has 5 heteroatoms.